The minimum absolute atomic E-state index is 0.0234. The average molecular weight is 225 g/mol. The molecule has 80 valence electrons. The lowest BCUT2D eigenvalue weighted by Gasteiger charge is -2.16. The van der Waals surface area contributed by atoms with E-state index in [9.17, 15) is 0 Å². The summed E-state index contributed by atoms with van der Waals surface area (Å²) in [7, 11) is 1.95. The standard InChI is InChI=1S/C10H13ClN4/c1-8(5-12)6-15(2)7-9-3-4-10(11)14-13-9/h3-4,8H,6-7H2,1-2H3. The maximum atomic E-state index is 8.66. The molecule has 0 aliphatic heterocycles. The van der Waals surface area contributed by atoms with E-state index in [1.54, 1.807) is 6.07 Å². The van der Waals surface area contributed by atoms with Crippen LogP contribution in [-0.2, 0) is 6.54 Å². The van der Waals surface area contributed by atoms with Gasteiger partial charge in [0.15, 0.2) is 5.15 Å². The van der Waals surface area contributed by atoms with Gasteiger partial charge in [0.1, 0.15) is 0 Å². The van der Waals surface area contributed by atoms with Gasteiger partial charge < -0.3 is 0 Å². The molecule has 0 spiro atoms. The van der Waals surface area contributed by atoms with Crippen molar-refractivity contribution in [1.29, 1.82) is 5.26 Å². The lowest BCUT2D eigenvalue weighted by Crippen LogP contribution is -2.23. The predicted octanol–water partition coefficient (Wildman–Crippen LogP) is 1.72. The summed E-state index contributed by atoms with van der Waals surface area (Å²) in [5, 5.41) is 16.8. The molecule has 1 unspecified atom stereocenters. The number of nitrogens with zero attached hydrogens (tertiary/aromatic N) is 4. The molecule has 0 bridgehead atoms. The summed E-state index contributed by atoms with van der Waals surface area (Å²) in [6.45, 7) is 3.29. The Morgan fingerprint density at radius 2 is 2.27 bits per heavy atom. The van der Waals surface area contributed by atoms with Gasteiger partial charge in [-0.2, -0.15) is 10.4 Å². The van der Waals surface area contributed by atoms with Crippen LogP contribution in [0, 0.1) is 17.2 Å². The van der Waals surface area contributed by atoms with Crippen LogP contribution in [0.1, 0.15) is 12.6 Å². The van der Waals surface area contributed by atoms with Gasteiger partial charge in [0.05, 0.1) is 17.7 Å². The summed E-state index contributed by atoms with van der Waals surface area (Å²) < 4.78 is 0. The lowest BCUT2D eigenvalue weighted by atomic mass is 10.2. The van der Waals surface area contributed by atoms with Gasteiger partial charge in [-0.15, -0.1) is 5.10 Å². The normalized spacial score (nSPS) is 12.5. The van der Waals surface area contributed by atoms with Gasteiger partial charge >= 0.3 is 0 Å². The monoisotopic (exact) mass is 224 g/mol. The molecule has 0 amide bonds. The van der Waals surface area contributed by atoms with Gasteiger partial charge in [0.2, 0.25) is 0 Å². The first kappa shape index (κ1) is 11.9. The number of nitriles is 1. The molecular formula is C10H13ClN4. The fourth-order valence-corrected chi connectivity index (χ4v) is 1.38. The first-order chi connectivity index (χ1) is 7.11. The maximum Gasteiger partial charge on any atom is 0.151 e. The second-order valence-electron chi connectivity index (χ2n) is 3.57. The number of rotatable bonds is 4. The van der Waals surface area contributed by atoms with Gasteiger partial charge in [0.25, 0.3) is 0 Å². The fourth-order valence-electron chi connectivity index (χ4n) is 1.28. The smallest absolute Gasteiger partial charge is 0.151 e. The topological polar surface area (TPSA) is 52.8 Å². The Hall–Kier alpha value is -1.18. The Labute approximate surface area is 94.5 Å². The second-order valence-corrected chi connectivity index (χ2v) is 3.96. The summed E-state index contributed by atoms with van der Waals surface area (Å²) in [5.41, 5.74) is 0.854. The zero-order chi connectivity index (χ0) is 11.3. The molecule has 1 aromatic rings. The van der Waals surface area contributed by atoms with Gasteiger partial charge in [-0.3, -0.25) is 4.90 Å². The fraction of sp³-hybridized carbons (Fsp3) is 0.500. The van der Waals surface area contributed by atoms with E-state index in [4.69, 9.17) is 16.9 Å². The van der Waals surface area contributed by atoms with Crippen molar-refractivity contribution in [3.8, 4) is 6.07 Å². The van der Waals surface area contributed by atoms with Crippen LogP contribution < -0.4 is 0 Å². The van der Waals surface area contributed by atoms with Crippen LogP contribution in [0.3, 0.4) is 0 Å². The molecule has 0 aliphatic carbocycles. The average Bonchev–Trinajstić information content (AvgIpc) is 2.21. The molecular weight excluding hydrogens is 212 g/mol. The van der Waals surface area contributed by atoms with Crippen LogP contribution in [0.4, 0.5) is 0 Å². The Bertz CT molecular complexity index is 343. The van der Waals surface area contributed by atoms with E-state index < -0.39 is 0 Å². The predicted molar refractivity (Wildman–Crippen MR) is 58.2 cm³/mol. The van der Waals surface area contributed by atoms with Gasteiger partial charge in [-0.25, -0.2) is 0 Å². The first-order valence-electron chi connectivity index (χ1n) is 4.68. The molecule has 1 atom stereocenters. The highest BCUT2D eigenvalue weighted by Crippen LogP contribution is 2.05. The van der Waals surface area contributed by atoms with Gasteiger partial charge in [-0.05, 0) is 26.1 Å². The minimum atomic E-state index is 0.0234. The van der Waals surface area contributed by atoms with Crippen LogP contribution in [0.2, 0.25) is 5.15 Å². The Kier molecular flexibility index (Phi) is 4.47. The van der Waals surface area contributed by atoms with Crippen LogP contribution in [0.5, 0.6) is 0 Å². The van der Waals surface area contributed by atoms with Gasteiger partial charge in [-0.1, -0.05) is 11.6 Å². The molecule has 1 aromatic heterocycles. The Morgan fingerprint density at radius 3 is 2.80 bits per heavy atom. The molecule has 0 saturated heterocycles. The SMILES string of the molecule is CC(C#N)CN(C)Cc1ccc(Cl)nn1. The van der Waals surface area contributed by atoms with Crippen molar-refractivity contribution < 1.29 is 0 Å². The van der Waals surface area contributed by atoms with Crippen LogP contribution in [0.15, 0.2) is 12.1 Å². The van der Waals surface area contributed by atoms with E-state index in [0.29, 0.717) is 11.7 Å². The van der Waals surface area contributed by atoms with Crippen molar-refractivity contribution in [2.45, 2.75) is 13.5 Å². The largest absolute Gasteiger partial charge is 0.299 e. The van der Waals surface area contributed by atoms with E-state index in [1.807, 2.05) is 24.9 Å². The van der Waals surface area contributed by atoms with Crippen LogP contribution in [0.25, 0.3) is 0 Å². The summed E-state index contributed by atoms with van der Waals surface area (Å²) >= 11 is 5.62. The quantitative estimate of drug-likeness (QED) is 0.782. The summed E-state index contributed by atoms with van der Waals surface area (Å²) in [6.07, 6.45) is 0. The van der Waals surface area contributed by atoms with E-state index in [0.717, 1.165) is 12.2 Å². The first-order valence-corrected chi connectivity index (χ1v) is 5.06. The third kappa shape index (κ3) is 4.24. The number of aromatic nitrogens is 2. The molecule has 0 N–H and O–H groups in total. The third-order valence-corrected chi connectivity index (χ3v) is 2.13. The van der Waals surface area contributed by atoms with E-state index >= 15 is 0 Å². The van der Waals surface area contributed by atoms with Crippen molar-refractivity contribution in [3.05, 3.63) is 23.0 Å². The lowest BCUT2D eigenvalue weighted by molar-refractivity contribution is 0.298. The number of hydrogen-bond donors (Lipinski definition) is 0. The molecule has 1 rings (SSSR count). The van der Waals surface area contributed by atoms with E-state index in [1.165, 1.54) is 0 Å². The zero-order valence-corrected chi connectivity index (χ0v) is 9.57. The van der Waals surface area contributed by atoms with Crippen molar-refractivity contribution >= 4 is 11.6 Å². The molecule has 0 aromatic carbocycles. The molecule has 4 nitrogen and oxygen atoms in total. The zero-order valence-electron chi connectivity index (χ0n) is 8.81. The molecule has 0 saturated carbocycles. The molecule has 0 aliphatic rings. The molecule has 15 heavy (non-hydrogen) atoms. The van der Waals surface area contributed by atoms with Crippen molar-refractivity contribution in [1.82, 2.24) is 15.1 Å². The third-order valence-electron chi connectivity index (χ3n) is 1.93. The Balaban J connectivity index is 2.48. The minimum Gasteiger partial charge on any atom is -0.299 e. The molecule has 0 radical (unpaired) electrons. The van der Waals surface area contributed by atoms with Crippen molar-refractivity contribution in [2.75, 3.05) is 13.6 Å². The maximum absolute atomic E-state index is 8.66. The highest BCUT2D eigenvalue weighted by Gasteiger charge is 2.06. The van der Waals surface area contributed by atoms with Crippen molar-refractivity contribution in [3.63, 3.8) is 0 Å². The highest BCUT2D eigenvalue weighted by molar-refractivity contribution is 6.29. The summed E-state index contributed by atoms with van der Waals surface area (Å²) in [4.78, 5) is 2.03. The van der Waals surface area contributed by atoms with Crippen LogP contribution >= 0.6 is 11.6 Å². The molecule has 0 fully saturated rings. The number of hydrogen-bond acceptors (Lipinski definition) is 4. The van der Waals surface area contributed by atoms with Gasteiger partial charge in [0, 0.05) is 13.1 Å². The van der Waals surface area contributed by atoms with E-state index in [2.05, 4.69) is 16.3 Å². The van der Waals surface area contributed by atoms with Crippen LogP contribution in [-0.4, -0.2) is 28.7 Å². The van der Waals surface area contributed by atoms with E-state index in [-0.39, 0.29) is 5.92 Å². The molecule has 1 heterocycles. The van der Waals surface area contributed by atoms with Crippen molar-refractivity contribution in [2.24, 2.45) is 5.92 Å². The number of halogens is 1. The Morgan fingerprint density at radius 1 is 1.53 bits per heavy atom. The summed E-state index contributed by atoms with van der Waals surface area (Å²) in [6, 6.07) is 5.74. The second kappa shape index (κ2) is 5.64. The summed E-state index contributed by atoms with van der Waals surface area (Å²) in [5.74, 6) is 0.0234. The highest BCUT2D eigenvalue weighted by atomic mass is 35.5. The molecule has 5 heteroatoms.